The van der Waals surface area contributed by atoms with E-state index in [2.05, 4.69) is 10.4 Å². The van der Waals surface area contributed by atoms with Crippen LogP contribution in [0.3, 0.4) is 0 Å². The standard InChI is InChI=1S/C20H24N4O2/c1-13-12-14(2)24(22-13)17-9-5-15(6-10-17)20(26)23-11-3-4-18(23)19(25)21-16-7-8-16/h5-6,9-10,12,16,18H,3-4,7-8,11H2,1-2H3,(H,21,25). The Kier molecular flexibility index (Phi) is 4.26. The SMILES string of the molecule is Cc1cc(C)n(-c2ccc(C(=O)N3CCCC3C(=O)NC3CC3)cc2)n1. The summed E-state index contributed by atoms with van der Waals surface area (Å²) in [6.45, 7) is 4.61. The number of nitrogens with one attached hydrogen (secondary N) is 1. The van der Waals surface area contributed by atoms with Crippen LogP contribution >= 0.6 is 0 Å². The Labute approximate surface area is 153 Å². The number of aryl methyl sites for hydroxylation is 2. The van der Waals surface area contributed by atoms with Crippen molar-refractivity contribution >= 4 is 11.8 Å². The van der Waals surface area contributed by atoms with E-state index in [1.165, 1.54) is 0 Å². The molecule has 6 nitrogen and oxygen atoms in total. The van der Waals surface area contributed by atoms with Gasteiger partial charge < -0.3 is 10.2 Å². The normalized spacial score (nSPS) is 19.6. The first kappa shape index (κ1) is 16.8. The molecule has 6 heteroatoms. The number of benzene rings is 1. The fourth-order valence-electron chi connectivity index (χ4n) is 3.61. The average Bonchev–Trinajstić information content (AvgIpc) is 3.18. The number of rotatable bonds is 4. The summed E-state index contributed by atoms with van der Waals surface area (Å²) >= 11 is 0. The van der Waals surface area contributed by atoms with Crippen LogP contribution in [0.5, 0.6) is 0 Å². The van der Waals surface area contributed by atoms with Gasteiger partial charge in [-0.1, -0.05) is 0 Å². The molecule has 2 aliphatic rings. The van der Waals surface area contributed by atoms with Gasteiger partial charge in [0, 0.05) is 23.8 Å². The van der Waals surface area contributed by atoms with Crippen LogP contribution in [0, 0.1) is 13.8 Å². The summed E-state index contributed by atoms with van der Waals surface area (Å²) in [5.41, 5.74) is 3.56. The minimum absolute atomic E-state index is 0.00221. The van der Waals surface area contributed by atoms with E-state index in [9.17, 15) is 9.59 Å². The van der Waals surface area contributed by atoms with Gasteiger partial charge in [-0.05, 0) is 69.9 Å². The first-order chi connectivity index (χ1) is 12.5. The highest BCUT2D eigenvalue weighted by atomic mass is 16.2. The number of carbonyl (C=O) groups is 2. The molecule has 1 aliphatic heterocycles. The van der Waals surface area contributed by atoms with E-state index in [1.807, 2.05) is 48.9 Å². The molecule has 1 aliphatic carbocycles. The summed E-state index contributed by atoms with van der Waals surface area (Å²) in [5, 5.41) is 7.50. The van der Waals surface area contributed by atoms with Crippen LogP contribution in [0.15, 0.2) is 30.3 Å². The van der Waals surface area contributed by atoms with Gasteiger partial charge in [-0.25, -0.2) is 4.68 Å². The van der Waals surface area contributed by atoms with Crippen molar-refractivity contribution in [2.45, 2.75) is 51.6 Å². The van der Waals surface area contributed by atoms with Crippen molar-refractivity contribution in [3.63, 3.8) is 0 Å². The summed E-state index contributed by atoms with van der Waals surface area (Å²) in [4.78, 5) is 27.0. The Bertz CT molecular complexity index is 836. The number of hydrogen-bond acceptors (Lipinski definition) is 3. The summed E-state index contributed by atoms with van der Waals surface area (Å²) < 4.78 is 1.87. The molecule has 1 unspecified atom stereocenters. The molecule has 1 aromatic carbocycles. The molecular weight excluding hydrogens is 328 g/mol. The maximum Gasteiger partial charge on any atom is 0.254 e. The number of hydrogen-bond donors (Lipinski definition) is 1. The van der Waals surface area contributed by atoms with Crippen LogP contribution in [0.2, 0.25) is 0 Å². The van der Waals surface area contributed by atoms with Gasteiger partial charge in [0.15, 0.2) is 0 Å². The molecule has 26 heavy (non-hydrogen) atoms. The van der Waals surface area contributed by atoms with Crippen molar-refractivity contribution in [3.8, 4) is 5.69 Å². The van der Waals surface area contributed by atoms with Crippen molar-refractivity contribution in [1.29, 1.82) is 0 Å². The molecule has 1 N–H and O–H groups in total. The second kappa shape index (κ2) is 6.59. The van der Waals surface area contributed by atoms with Gasteiger partial charge in [-0.2, -0.15) is 5.10 Å². The Morgan fingerprint density at radius 1 is 1.12 bits per heavy atom. The van der Waals surface area contributed by atoms with Gasteiger partial charge in [0.2, 0.25) is 5.91 Å². The zero-order valence-corrected chi connectivity index (χ0v) is 15.2. The quantitative estimate of drug-likeness (QED) is 0.919. The third kappa shape index (κ3) is 3.23. The fraction of sp³-hybridized carbons (Fsp3) is 0.450. The van der Waals surface area contributed by atoms with Crippen LogP contribution in [0.25, 0.3) is 5.69 Å². The predicted octanol–water partition coefficient (Wildman–Crippen LogP) is 2.37. The third-order valence-corrected chi connectivity index (χ3v) is 5.11. The lowest BCUT2D eigenvalue weighted by Gasteiger charge is -2.24. The number of carbonyl (C=O) groups excluding carboxylic acids is 2. The monoisotopic (exact) mass is 352 g/mol. The average molecular weight is 352 g/mol. The highest BCUT2D eigenvalue weighted by Gasteiger charge is 2.36. The maximum atomic E-state index is 12.9. The zero-order valence-electron chi connectivity index (χ0n) is 15.2. The molecular formula is C20H24N4O2. The lowest BCUT2D eigenvalue weighted by atomic mass is 10.1. The number of aromatic nitrogens is 2. The van der Waals surface area contributed by atoms with E-state index in [0.29, 0.717) is 18.2 Å². The van der Waals surface area contributed by atoms with Crippen LogP contribution in [-0.2, 0) is 4.79 Å². The lowest BCUT2D eigenvalue weighted by Crippen LogP contribution is -2.46. The molecule has 2 amide bonds. The molecule has 1 saturated carbocycles. The molecule has 2 fully saturated rings. The van der Waals surface area contributed by atoms with E-state index in [4.69, 9.17) is 0 Å². The topological polar surface area (TPSA) is 67.2 Å². The van der Waals surface area contributed by atoms with Crippen molar-refractivity contribution in [1.82, 2.24) is 20.0 Å². The molecule has 2 aromatic rings. The maximum absolute atomic E-state index is 12.9. The molecule has 0 radical (unpaired) electrons. The molecule has 1 saturated heterocycles. The fourth-order valence-corrected chi connectivity index (χ4v) is 3.61. The largest absolute Gasteiger partial charge is 0.352 e. The first-order valence-corrected chi connectivity index (χ1v) is 9.28. The van der Waals surface area contributed by atoms with Gasteiger partial charge in [-0.3, -0.25) is 9.59 Å². The number of nitrogens with zero attached hydrogens (tertiary/aromatic N) is 3. The zero-order chi connectivity index (χ0) is 18.3. The lowest BCUT2D eigenvalue weighted by molar-refractivity contribution is -0.125. The van der Waals surface area contributed by atoms with Crippen molar-refractivity contribution in [2.75, 3.05) is 6.54 Å². The summed E-state index contributed by atoms with van der Waals surface area (Å²) in [6.07, 6.45) is 3.73. The molecule has 1 aromatic heterocycles. The minimum atomic E-state index is -0.334. The highest BCUT2D eigenvalue weighted by Crippen LogP contribution is 2.24. The summed E-state index contributed by atoms with van der Waals surface area (Å²) in [5.74, 6) is -0.0732. The minimum Gasteiger partial charge on any atom is -0.352 e. The third-order valence-electron chi connectivity index (χ3n) is 5.11. The number of likely N-dealkylation sites (tertiary alicyclic amines) is 1. The Hall–Kier alpha value is -2.63. The van der Waals surface area contributed by atoms with Crippen molar-refractivity contribution in [2.24, 2.45) is 0 Å². The second-order valence-electron chi connectivity index (χ2n) is 7.33. The van der Waals surface area contributed by atoms with E-state index in [-0.39, 0.29) is 17.9 Å². The van der Waals surface area contributed by atoms with E-state index < -0.39 is 0 Å². The van der Waals surface area contributed by atoms with Gasteiger partial charge in [0.1, 0.15) is 6.04 Å². The molecule has 0 spiro atoms. The van der Waals surface area contributed by atoms with Gasteiger partial charge >= 0.3 is 0 Å². The molecule has 2 heterocycles. The summed E-state index contributed by atoms with van der Waals surface area (Å²) in [7, 11) is 0. The molecule has 1 atom stereocenters. The van der Waals surface area contributed by atoms with E-state index in [1.54, 1.807) is 4.90 Å². The Morgan fingerprint density at radius 3 is 2.46 bits per heavy atom. The second-order valence-corrected chi connectivity index (χ2v) is 7.33. The van der Waals surface area contributed by atoms with Crippen LogP contribution in [0.1, 0.15) is 47.4 Å². The molecule has 0 bridgehead atoms. The van der Waals surface area contributed by atoms with Gasteiger partial charge in [0.05, 0.1) is 11.4 Å². The van der Waals surface area contributed by atoms with Gasteiger partial charge in [-0.15, -0.1) is 0 Å². The van der Waals surface area contributed by atoms with Crippen molar-refractivity contribution < 1.29 is 9.59 Å². The summed E-state index contributed by atoms with van der Waals surface area (Å²) in [6, 6.07) is 9.46. The molecule has 4 rings (SSSR count). The van der Waals surface area contributed by atoms with Gasteiger partial charge in [0.25, 0.3) is 5.91 Å². The van der Waals surface area contributed by atoms with E-state index >= 15 is 0 Å². The first-order valence-electron chi connectivity index (χ1n) is 9.28. The predicted molar refractivity (Wildman–Crippen MR) is 98.3 cm³/mol. The molecule has 136 valence electrons. The van der Waals surface area contributed by atoms with Crippen molar-refractivity contribution in [3.05, 3.63) is 47.3 Å². The van der Waals surface area contributed by atoms with Crippen LogP contribution < -0.4 is 5.32 Å². The van der Waals surface area contributed by atoms with Crippen LogP contribution in [0.4, 0.5) is 0 Å². The highest BCUT2D eigenvalue weighted by molar-refractivity contribution is 5.98. The Morgan fingerprint density at radius 2 is 1.85 bits per heavy atom. The number of amides is 2. The smallest absolute Gasteiger partial charge is 0.254 e. The van der Waals surface area contributed by atoms with Crippen LogP contribution in [-0.4, -0.2) is 45.1 Å². The Balaban J connectivity index is 1.50. The van der Waals surface area contributed by atoms with E-state index in [0.717, 1.165) is 42.8 Å².